The van der Waals surface area contributed by atoms with E-state index in [-0.39, 0.29) is 51.7 Å². The van der Waals surface area contributed by atoms with Crippen LogP contribution in [0.2, 0.25) is 0 Å². The average Bonchev–Trinajstić information content (AvgIpc) is 1.94. The van der Waals surface area contributed by atoms with Crippen molar-refractivity contribution >= 4 is 77.4 Å². The Morgan fingerprint density at radius 1 is 0.857 bits per heavy atom. The number of anilines is 7. The van der Waals surface area contributed by atoms with Gasteiger partial charge in [0, 0.05) is 105 Å². The molecule has 23 heteroatoms. The molecule has 9 heterocycles. The fourth-order valence-electron chi connectivity index (χ4n) is 13.3. The number of benzene rings is 2. The van der Waals surface area contributed by atoms with Gasteiger partial charge in [-0.3, -0.25) is 38.8 Å². The number of hydrogen-bond donors (Lipinski definition) is 7. The molecule has 6 aliphatic rings. The Hall–Kier alpha value is -8.11. The number of amides is 5. The average molecular weight is 1160 g/mol. The van der Waals surface area contributed by atoms with Gasteiger partial charge in [0.25, 0.3) is 23.6 Å². The van der Waals surface area contributed by atoms with E-state index in [1.54, 1.807) is 43.1 Å². The molecule has 1 atom stereocenters. The Balaban J connectivity index is 0.734. The van der Waals surface area contributed by atoms with E-state index in [2.05, 4.69) is 77.6 Å². The molecule has 84 heavy (non-hydrogen) atoms. The second-order valence-electron chi connectivity index (χ2n) is 24.0. The van der Waals surface area contributed by atoms with Crippen LogP contribution in [0.5, 0.6) is 0 Å². The lowest BCUT2D eigenvalue weighted by Crippen LogP contribution is -2.57. The van der Waals surface area contributed by atoms with E-state index in [0.717, 1.165) is 73.7 Å². The van der Waals surface area contributed by atoms with Gasteiger partial charge in [0.2, 0.25) is 5.91 Å². The van der Waals surface area contributed by atoms with Crippen LogP contribution in [0.3, 0.4) is 0 Å². The summed E-state index contributed by atoms with van der Waals surface area (Å²) in [7, 11) is -4.64. The first-order chi connectivity index (χ1) is 40.1. The molecule has 5 aliphatic heterocycles. The van der Waals surface area contributed by atoms with Crippen LogP contribution in [0, 0.1) is 5.41 Å². The van der Waals surface area contributed by atoms with Crippen LogP contribution in [-0.2, 0) is 47.3 Å². The molecule has 12 rings (SSSR count). The summed E-state index contributed by atoms with van der Waals surface area (Å²) in [6.07, 6.45) is 8.34. The van der Waals surface area contributed by atoms with E-state index in [1.165, 1.54) is 35.7 Å². The Bertz CT molecular complexity index is 3790. The van der Waals surface area contributed by atoms with Gasteiger partial charge >= 0.3 is 7.75 Å². The number of rotatable bonds is 14. The van der Waals surface area contributed by atoms with Crippen molar-refractivity contribution < 1.29 is 43.4 Å². The monoisotopic (exact) mass is 1160 g/mol. The van der Waals surface area contributed by atoms with Crippen LogP contribution in [-0.4, -0.2) is 127 Å². The van der Waals surface area contributed by atoms with E-state index >= 15 is 0 Å². The van der Waals surface area contributed by atoms with Gasteiger partial charge in [0.1, 0.15) is 17.3 Å². The zero-order valence-corrected chi connectivity index (χ0v) is 48.5. The number of hydrogen-bond acceptors (Lipinski definition) is 14. The lowest BCUT2D eigenvalue weighted by atomic mass is 9.90. The molecule has 0 radical (unpaired) electrons. The zero-order valence-electron chi connectivity index (χ0n) is 47.6. The number of carbonyl (C=O) groups excluding carboxylic acids is 5. The van der Waals surface area contributed by atoms with Gasteiger partial charge in [0.05, 0.1) is 57.3 Å². The number of aliphatic hydroxyl groups is 1. The zero-order chi connectivity index (χ0) is 59.1. The molecule has 22 nitrogen and oxygen atoms in total. The largest absolute Gasteiger partial charge is 0.401 e. The number of nitrogens with one attached hydrogen (secondary N) is 4. The number of aliphatic hydroxyl groups excluding tert-OH is 1. The highest BCUT2D eigenvalue weighted by atomic mass is 31.2. The summed E-state index contributed by atoms with van der Waals surface area (Å²) in [6.45, 7) is 18.2. The molecule has 0 bridgehead atoms. The van der Waals surface area contributed by atoms with Gasteiger partial charge in [-0.05, 0) is 142 Å². The Labute approximate surface area is 486 Å². The predicted octanol–water partition coefficient (Wildman–Crippen LogP) is 6.67. The highest BCUT2D eigenvalue weighted by Crippen LogP contribution is 2.43. The maximum atomic E-state index is 14.2. The van der Waals surface area contributed by atoms with Crippen LogP contribution in [0.25, 0.3) is 11.3 Å². The summed E-state index contributed by atoms with van der Waals surface area (Å²) in [4.78, 5) is 112. The number of piperidine rings is 1. The normalized spacial score (nSPS) is 19.0. The Morgan fingerprint density at radius 2 is 1.63 bits per heavy atom. The predicted molar refractivity (Wildman–Crippen MR) is 319 cm³/mol. The van der Waals surface area contributed by atoms with Gasteiger partial charge in [-0.15, -0.1) is 0 Å². The van der Waals surface area contributed by atoms with Crippen molar-refractivity contribution in [1.29, 1.82) is 0 Å². The highest BCUT2D eigenvalue weighted by molar-refractivity contribution is 7.49. The van der Waals surface area contributed by atoms with Crippen molar-refractivity contribution in [2.24, 2.45) is 5.41 Å². The van der Waals surface area contributed by atoms with Crippen molar-refractivity contribution in [3.05, 3.63) is 142 Å². The maximum Gasteiger partial charge on any atom is 0.401 e. The molecular formula is C61H68N13O9P. The van der Waals surface area contributed by atoms with Gasteiger partial charge in [0.15, 0.2) is 0 Å². The van der Waals surface area contributed by atoms with Crippen LogP contribution in [0.1, 0.15) is 117 Å². The second-order valence-corrected chi connectivity index (χ2v) is 25.3. The SMILES string of the molecule is C=CC(=O)Nc1cc(Nc2nc(-c3ccnc(N4CCn5c(cc6c5CC(C)(C)C6)C4=O)c3CO)cc3c2C(=O)NCC3)ccc1N1CCN(C2CCN(c3ccc4c(c3)C(=O)N(c3ccnc(C(C)(C)NP(=O)(O)O)c3)C4=O)CC2)C[C@@H]1C. The fourth-order valence-corrected chi connectivity index (χ4v) is 14.2. The topological polar surface area (TPSA) is 271 Å². The van der Waals surface area contributed by atoms with Gasteiger partial charge < -0.3 is 45.2 Å². The standard InChI is InChI=1S/C61H68N13O9P/c1-7-52(76)66-47-28-38(65-54-53-36(12-17-64-56(53)77)26-46(67-54)42-14-19-63-55(45(42)34-75)73-25-24-72-49(59(73)80)27-37-31-60(3,4)32-50(37)72)8-11-48(47)71-23-22-70(33-35(71)2)39-15-20-69(21-16-39)40-9-10-43-44(29-40)58(79)74(57(43)78)41-13-18-62-51(30-41)61(5,6)68-84(81,82)83/h7-11,13-14,18-19,26-30,35,39,75H,1,12,15-17,20-25,31-34H2,2-6H3,(H,64,77)(H,65,67)(H,66,76)(H3,68,81,82,83)/t35-/m0/s1. The minimum atomic E-state index is -4.64. The number of fused-ring (bicyclic) bond motifs is 5. The minimum Gasteiger partial charge on any atom is -0.392 e. The Kier molecular flexibility index (Phi) is 14.4. The summed E-state index contributed by atoms with van der Waals surface area (Å²) >= 11 is 0. The molecule has 4 aromatic heterocycles. The molecule has 1 aliphatic carbocycles. The fraction of sp³-hybridized carbons (Fsp3) is 0.377. The molecular weight excluding hydrogens is 1090 g/mol. The Morgan fingerprint density at radius 3 is 2.38 bits per heavy atom. The number of aromatic nitrogens is 4. The minimum absolute atomic E-state index is 0.0435. The molecule has 2 fully saturated rings. The number of piperazine rings is 1. The summed E-state index contributed by atoms with van der Waals surface area (Å²) in [5.74, 6) is -1.17. The molecule has 2 aromatic carbocycles. The first-order valence-corrected chi connectivity index (χ1v) is 30.1. The number of pyridine rings is 3. The molecule has 0 unspecified atom stereocenters. The summed E-state index contributed by atoms with van der Waals surface area (Å²) in [6, 6.07) is 20.0. The third kappa shape index (κ3) is 10.4. The summed E-state index contributed by atoms with van der Waals surface area (Å²) in [5, 5.41) is 22.7. The highest BCUT2D eigenvalue weighted by Gasteiger charge is 2.41. The third-order valence-electron chi connectivity index (χ3n) is 17.3. The molecule has 436 valence electrons. The molecule has 0 spiro atoms. The van der Waals surface area contributed by atoms with E-state index < -0.39 is 31.7 Å². The lowest BCUT2D eigenvalue weighted by Gasteiger charge is -2.47. The summed E-state index contributed by atoms with van der Waals surface area (Å²) < 4.78 is 13.9. The first-order valence-electron chi connectivity index (χ1n) is 28.5. The number of nitrogens with zero attached hydrogens (tertiary/aromatic N) is 9. The van der Waals surface area contributed by atoms with Crippen molar-refractivity contribution in [3.8, 4) is 11.3 Å². The molecule has 5 amide bonds. The lowest BCUT2D eigenvalue weighted by molar-refractivity contribution is -0.111. The summed E-state index contributed by atoms with van der Waals surface area (Å²) in [5.41, 5.74) is 8.40. The van der Waals surface area contributed by atoms with Crippen molar-refractivity contribution in [3.63, 3.8) is 0 Å². The van der Waals surface area contributed by atoms with E-state index in [1.807, 2.05) is 36.4 Å². The molecule has 6 aromatic rings. The maximum absolute atomic E-state index is 14.2. The molecule has 2 saturated heterocycles. The van der Waals surface area contributed by atoms with Crippen LogP contribution < -0.4 is 40.6 Å². The quantitative estimate of drug-likeness (QED) is 0.0341. The second kappa shape index (κ2) is 21.5. The van der Waals surface area contributed by atoms with Crippen molar-refractivity contribution in [1.82, 2.24) is 34.8 Å². The van der Waals surface area contributed by atoms with Crippen LogP contribution in [0.15, 0.2) is 91.8 Å². The third-order valence-corrected chi connectivity index (χ3v) is 18.2. The van der Waals surface area contributed by atoms with E-state index in [9.17, 15) is 43.4 Å². The van der Waals surface area contributed by atoms with E-state index in [0.29, 0.717) is 89.7 Å². The van der Waals surface area contributed by atoms with Crippen molar-refractivity contribution in [2.45, 2.75) is 97.5 Å². The van der Waals surface area contributed by atoms with Crippen molar-refractivity contribution in [2.75, 3.05) is 76.0 Å². The van der Waals surface area contributed by atoms with Gasteiger partial charge in [-0.25, -0.2) is 24.5 Å². The number of imide groups is 1. The molecule has 0 saturated carbocycles. The number of carbonyl (C=O) groups is 5. The van der Waals surface area contributed by atoms with Gasteiger partial charge in [-0.2, -0.15) is 0 Å². The van der Waals surface area contributed by atoms with Gasteiger partial charge in [-0.1, -0.05) is 20.4 Å². The van der Waals surface area contributed by atoms with Crippen LogP contribution >= 0.6 is 7.75 Å². The first kappa shape index (κ1) is 56.4. The smallest absolute Gasteiger partial charge is 0.392 e. The van der Waals surface area contributed by atoms with Crippen LogP contribution in [0.4, 0.5) is 40.1 Å². The van der Waals surface area contributed by atoms with E-state index in [4.69, 9.17) is 4.98 Å². The molecule has 7 N–H and O–H groups in total.